The summed E-state index contributed by atoms with van der Waals surface area (Å²) in [4.78, 5) is 41.1. The molecule has 4 aromatic rings. The number of fused-ring (bicyclic) bond motifs is 2. The summed E-state index contributed by atoms with van der Waals surface area (Å²) in [6.07, 6.45) is 1.88. The van der Waals surface area contributed by atoms with Crippen LogP contribution in [-0.4, -0.2) is 44.0 Å². The van der Waals surface area contributed by atoms with Gasteiger partial charge in [0.25, 0.3) is 11.5 Å². The summed E-state index contributed by atoms with van der Waals surface area (Å²) in [5.74, 6) is 0.296. The number of hydrogen-bond donors (Lipinski definition) is 2. The van der Waals surface area contributed by atoms with Crippen molar-refractivity contribution >= 4 is 28.4 Å². The van der Waals surface area contributed by atoms with Gasteiger partial charge in [0, 0.05) is 7.05 Å². The maximum absolute atomic E-state index is 14.6. The number of benzene rings is 2. The van der Waals surface area contributed by atoms with Gasteiger partial charge in [-0.2, -0.15) is 0 Å². The van der Waals surface area contributed by atoms with Gasteiger partial charge >= 0.3 is 0 Å². The van der Waals surface area contributed by atoms with E-state index in [-0.39, 0.29) is 16.8 Å². The van der Waals surface area contributed by atoms with Gasteiger partial charge in [-0.1, -0.05) is 31.2 Å². The number of halogens is 1. The molecule has 2 N–H and O–H groups in total. The number of hydrogen-bond acceptors (Lipinski definition) is 7. The molecular formula is C24H22FN7O2. The second-order valence-corrected chi connectivity index (χ2v) is 7.97. The molecule has 1 unspecified atom stereocenters. The Balaban J connectivity index is 1.70. The zero-order chi connectivity index (χ0) is 23.8. The van der Waals surface area contributed by atoms with Crippen LogP contribution in [-0.2, 0) is 0 Å². The van der Waals surface area contributed by atoms with Crippen molar-refractivity contribution < 1.29 is 9.18 Å². The first-order chi connectivity index (χ1) is 16.5. The lowest BCUT2D eigenvalue weighted by Crippen LogP contribution is -2.38. The van der Waals surface area contributed by atoms with E-state index in [0.29, 0.717) is 41.8 Å². The van der Waals surface area contributed by atoms with E-state index in [1.807, 2.05) is 13.0 Å². The molecule has 172 valence electrons. The van der Waals surface area contributed by atoms with Crippen molar-refractivity contribution in [1.82, 2.24) is 24.4 Å². The lowest BCUT2D eigenvalue weighted by atomic mass is 10.1. The Morgan fingerprint density at radius 2 is 1.91 bits per heavy atom. The van der Waals surface area contributed by atoms with E-state index in [4.69, 9.17) is 4.98 Å². The van der Waals surface area contributed by atoms with Gasteiger partial charge in [-0.25, -0.2) is 19.3 Å². The van der Waals surface area contributed by atoms with Crippen molar-refractivity contribution in [3.05, 3.63) is 82.4 Å². The number of para-hydroxylation sites is 1. The van der Waals surface area contributed by atoms with Crippen LogP contribution in [0.1, 0.15) is 35.6 Å². The van der Waals surface area contributed by atoms with Gasteiger partial charge in [-0.15, -0.1) is 0 Å². The number of anilines is 2. The Kier molecular flexibility index (Phi) is 5.40. The van der Waals surface area contributed by atoms with Crippen LogP contribution in [0.15, 0.2) is 59.7 Å². The van der Waals surface area contributed by atoms with Gasteiger partial charge < -0.3 is 15.5 Å². The Labute approximate surface area is 194 Å². The molecule has 34 heavy (non-hydrogen) atoms. The number of nitrogens with zero attached hydrogens (tertiary/aromatic N) is 5. The molecule has 1 atom stereocenters. The Morgan fingerprint density at radius 3 is 2.68 bits per heavy atom. The van der Waals surface area contributed by atoms with Crippen molar-refractivity contribution in [1.29, 1.82) is 0 Å². The van der Waals surface area contributed by atoms with E-state index in [2.05, 4.69) is 20.6 Å². The summed E-state index contributed by atoms with van der Waals surface area (Å²) in [6, 6.07) is 12.8. The van der Waals surface area contributed by atoms with E-state index >= 15 is 0 Å². The first-order valence-corrected chi connectivity index (χ1v) is 10.9. The second-order valence-electron chi connectivity index (χ2n) is 7.97. The fourth-order valence-electron chi connectivity index (χ4n) is 4.07. The standard InChI is InChI=1S/C24H22FN7O2/c1-3-16(29-21-19-20(26-12-27-21)28-13-31(2)23(19)33)22-30-17-11-7-10-15(25)18(17)24(34)32(22)14-8-5-4-6-9-14/h4-12,16H,3,13H2,1-2H3,(H2,26,27,28,29). The molecule has 2 aromatic carbocycles. The summed E-state index contributed by atoms with van der Waals surface area (Å²) in [6.45, 7) is 2.26. The minimum Gasteiger partial charge on any atom is -0.359 e. The molecule has 1 aliphatic heterocycles. The van der Waals surface area contributed by atoms with Gasteiger partial charge in [-0.05, 0) is 30.7 Å². The summed E-state index contributed by atoms with van der Waals surface area (Å²) < 4.78 is 16.0. The molecule has 3 heterocycles. The summed E-state index contributed by atoms with van der Waals surface area (Å²) >= 11 is 0. The molecule has 0 fully saturated rings. The molecule has 2 aromatic heterocycles. The van der Waals surface area contributed by atoms with Gasteiger partial charge in [-0.3, -0.25) is 14.2 Å². The zero-order valence-electron chi connectivity index (χ0n) is 18.6. The zero-order valence-corrected chi connectivity index (χ0v) is 18.6. The lowest BCUT2D eigenvalue weighted by Gasteiger charge is -2.28. The molecule has 0 saturated carbocycles. The number of carbonyl (C=O) groups excluding carboxylic acids is 1. The van der Waals surface area contributed by atoms with E-state index in [9.17, 15) is 14.0 Å². The number of amides is 1. The molecule has 0 saturated heterocycles. The summed E-state index contributed by atoms with van der Waals surface area (Å²) in [7, 11) is 1.68. The van der Waals surface area contributed by atoms with Crippen molar-refractivity contribution in [2.75, 3.05) is 24.3 Å². The molecule has 1 aliphatic rings. The molecule has 0 bridgehead atoms. The smallest absolute Gasteiger partial charge is 0.269 e. The third-order valence-corrected chi connectivity index (χ3v) is 5.81. The second kappa shape index (κ2) is 8.54. The minimum absolute atomic E-state index is 0.0784. The first kappa shape index (κ1) is 21.5. The van der Waals surface area contributed by atoms with Gasteiger partial charge in [0.2, 0.25) is 0 Å². The van der Waals surface area contributed by atoms with Gasteiger partial charge in [0.05, 0.1) is 23.9 Å². The molecule has 0 spiro atoms. The molecular weight excluding hydrogens is 437 g/mol. The normalized spacial score (nSPS) is 14.0. The largest absolute Gasteiger partial charge is 0.359 e. The van der Waals surface area contributed by atoms with Crippen LogP contribution in [0.3, 0.4) is 0 Å². The van der Waals surface area contributed by atoms with Gasteiger partial charge in [0.15, 0.2) is 0 Å². The van der Waals surface area contributed by atoms with Crippen LogP contribution in [0, 0.1) is 5.82 Å². The topological polar surface area (TPSA) is 105 Å². The summed E-state index contributed by atoms with van der Waals surface area (Å²) in [5.41, 5.74) is 0.624. The van der Waals surface area contributed by atoms with Crippen molar-refractivity contribution in [2.45, 2.75) is 19.4 Å². The van der Waals surface area contributed by atoms with Crippen molar-refractivity contribution in [2.24, 2.45) is 0 Å². The Hall–Kier alpha value is -4.34. The monoisotopic (exact) mass is 459 g/mol. The van der Waals surface area contributed by atoms with Crippen LogP contribution >= 0.6 is 0 Å². The molecule has 0 aliphatic carbocycles. The van der Waals surface area contributed by atoms with E-state index in [1.54, 1.807) is 37.4 Å². The molecule has 9 nitrogen and oxygen atoms in total. The highest BCUT2D eigenvalue weighted by atomic mass is 19.1. The first-order valence-electron chi connectivity index (χ1n) is 10.9. The maximum atomic E-state index is 14.6. The van der Waals surface area contributed by atoms with Crippen LogP contribution in [0.4, 0.5) is 16.0 Å². The number of rotatable bonds is 5. The van der Waals surface area contributed by atoms with Crippen LogP contribution in [0.25, 0.3) is 16.6 Å². The number of carbonyl (C=O) groups is 1. The molecule has 10 heteroatoms. The molecule has 1 amide bonds. The van der Waals surface area contributed by atoms with E-state index in [0.717, 1.165) is 0 Å². The minimum atomic E-state index is -0.628. The third-order valence-electron chi connectivity index (χ3n) is 5.81. The summed E-state index contributed by atoms with van der Waals surface area (Å²) in [5, 5.41) is 6.30. The fraction of sp³-hybridized carbons (Fsp3) is 0.208. The third kappa shape index (κ3) is 3.53. The van der Waals surface area contributed by atoms with Crippen LogP contribution < -0.4 is 16.2 Å². The lowest BCUT2D eigenvalue weighted by molar-refractivity contribution is 0.0796. The van der Waals surface area contributed by atoms with E-state index in [1.165, 1.54) is 27.9 Å². The average Bonchev–Trinajstić information content (AvgIpc) is 2.85. The van der Waals surface area contributed by atoms with Crippen molar-refractivity contribution in [3.8, 4) is 5.69 Å². The highest BCUT2D eigenvalue weighted by molar-refractivity contribution is 6.04. The average molecular weight is 459 g/mol. The Morgan fingerprint density at radius 1 is 1.12 bits per heavy atom. The van der Waals surface area contributed by atoms with Crippen LogP contribution in [0.2, 0.25) is 0 Å². The predicted octanol–water partition coefficient (Wildman–Crippen LogP) is 3.33. The number of aromatic nitrogens is 4. The van der Waals surface area contributed by atoms with Crippen molar-refractivity contribution in [3.63, 3.8) is 0 Å². The predicted molar refractivity (Wildman–Crippen MR) is 127 cm³/mol. The molecule has 5 rings (SSSR count). The quantitative estimate of drug-likeness (QED) is 0.472. The van der Waals surface area contributed by atoms with E-state index < -0.39 is 17.4 Å². The fourth-order valence-corrected chi connectivity index (χ4v) is 4.07. The number of nitrogens with one attached hydrogen (secondary N) is 2. The molecule has 0 radical (unpaired) electrons. The SMILES string of the molecule is CCC(Nc1ncnc2c1C(=O)N(C)CN2)c1nc2cccc(F)c2c(=O)n1-c1ccccc1. The highest BCUT2D eigenvalue weighted by Gasteiger charge is 2.29. The Bertz CT molecular complexity index is 1460. The van der Waals surface area contributed by atoms with Gasteiger partial charge in [0.1, 0.15) is 40.6 Å². The maximum Gasteiger partial charge on any atom is 0.269 e. The van der Waals surface area contributed by atoms with Crippen LogP contribution in [0.5, 0.6) is 0 Å². The highest BCUT2D eigenvalue weighted by Crippen LogP contribution is 2.29.